The van der Waals surface area contributed by atoms with Crippen LogP contribution in [0, 0.1) is 0 Å². The van der Waals surface area contributed by atoms with E-state index in [4.69, 9.17) is 4.74 Å². The van der Waals surface area contributed by atoms with E-state index in [-0.39, 0.29) is 12.2 Å². The highest BCUT2D eigenvalue weighted by molar-refractivity contribution is 5.89. The zero-order chi connectivity index (χ0) is 10.5. The molecular formula is C12H11NO2. The number of carbonyl (C=O) groups excluding carboxylic acids is 1. The third-order valence-electron chi connectivity index (χ3n) is 2.06. The van der Waals surface area contributed by atoms with Gasteiger partial charge in [0.2, 0.25) is 0 Å². The molecule has 1 heterocycles. The number of aliphatic imine (C=N–C) groups is 1. The summed E-state index contributed by atoms with van der Waals surface area (Å²) in [4.78, 5) is 15.6. The second-order valence-electron chi connectivity index (χ2n) is 3.19. The summed E-state index contributed by atoms with van der Waals surface area (Å²) in [5.41, 5.74) is 0.558. The highest BCUT2D eigenvalue weighted by Crippen LogP contribution is 2.09. The van der Waals surface area contributed by atoms with Crippen LogP contribution < -0.4 is 0 Å². The number of nitrogens with zero attached hydrogens (tertiary/aromatic N) is 1. The maximum Gasteiger partial charge on any atom is 0.340 e. The molecule has 0 saturated carbocycles. The Hall–Kier alpha value is -1.90. The van der Waals surface area contributed by atoms with Crippen LogP contribution in [-0.2, 0) is 4.74 Å². The van der Waals surface area contributed by atoms with E-state index >= 15 is 0 Å². The van der Waals surface area contributed by atoms with Crippen LogP contribution in [0.1, 0.15) is 16.8 Å². The number of hydrogen-bond acceptors (Lipinski definition) is 3. The molecule has 0 fully saturated rings. The summed E-state index contributed by atoms with van der Waals surface area (Å²) in [7, 11) is 0. The van der Waals surface area contributed by atoms with E-state index in [1.807, 2.05) is 18.2 Å². The van der Waals surface area contributed by atoms with Crippen LogP contribution in [0.15, 0.2) is 47.5 Å². The van der Waals surface area contributed by atoms with Crippen LogP contribution in [0.25, 0.3) is 0 Å². The molecule has 2 rings (SSSR count). The molecule has 0 radical (unpaired) electrons. The Morgan fingerprint density at radius 3 is 2.80 bits per heavy atom. The Bertz CT molecular complexity index is 395. The highest BCUT2D eigenvalue weighted by Gasteiger charge is 2.13. The monoisotopic (exact) mass is 201 g/mol. The van der Waals surface area contributed by atoms with Crippen LogP contribution in [0.3, 0.4) is 0 Å². The van der Waals surface area contributed by atoms with Gasteiger partial charge in [0.25, 0.3) is 0 Å². The molecule has 0 aliphatic carbocycles. The summed E-state index contributed by atoms with van der Waals surface area (Å²) < 4.78 is 5.19. The van der Waals surface area contributed by atoms with E-state index in [2.05, 4.69) is 4.99 Å². The minimum absolute atomic E-state index is 0.326. The molecule has 0 aromatic heterocycles. The maximum atomic E-state index is 11.6. The second-order valence-corrected chi connectivity index (χ2v) is 3.19. The number of hydrogen-bond donors (Lipinski definition) is 0. The molecule has 3 nitrogen and oxygen atoms in total. The normalized spacial score (nSPS) is 18.8. The quantitative estimate of drug-likeness (QED) is 0.688. The second kappa shape index (κ2) is 4.55. The molecule has 1 atom stereocenters. The molecule has 3 heteroatoms. The summed E-state index contributed by atoms with van der Waals surface area (Å²) in [6, 6.07) is 8.93. The zero-order valence-corrected chi connectivity index (χ0v) is 8.17. The first-order valence-corrected chi connectivity index (χ1v) is 4.80. The van der Waals surface area contributed by atoms with Gasteiger partial charge in [0.15, 0.2) is 6.23 Å². The number of rotatable bonds is 2. The summed E-state index contributed by atoms with van der Waals surface area (Å²) in [5.74, 6) is -0.326. The predicted molar refractivity (Wildman–Crippen MR) is 57.9 cm³/mol. The van der Waals surface area contributed by atoms with E-state index in [0.717, 1.165) is 0 Å². The van der Waals surface area contributed by atoms with E-state index in [0.29, 0.717) is 12.0 Å². The Labute approximate surface area is 88.1 Å². The van der Waals surface area contributed by atoms with E-state index in [1.54, 1.807) is 30.5 Å². The molecular weight excluding hydrogens is 190 g/mol. The maximum absolute atomic E-state index is 11.6. The largest absolute Gasteiger partial charge is 0.436 e. The number of allylic oxidation sites excluding steroid dienone is 1. The van der Waals surface area contributed by atoms with Gasteiger partial charge in [0.1, 0.15) is 0 Å². The fraction of sp³-hybridized carbons (Fsp3) is 0.167. The first kappa shape index (κ1) is 9.65. The molecule has 76 valence electrons. The Morgan fingerprint density at radius 2 is 2.13 bits per heavy atom. The zero-order valence-electron chi connectivity index (χ0n) is 8.17. The van der Waals surface area contributed by atoms with Crippen molar-refractivity contribution >= 4 is 12.2 Å². The lowest BCUT2D eigenvalue weighted by molar-refractivity contribution is 0.0327. The molecule has 15 heavy (non-hydrogen) atoms. The Balaban J connectivity index is 1.98. The van der Waals surface area contributed by atoms with Crippen molar-refractivity contribution < 1.29 is 9.53 Å². The van der Waals surface area contributed by atoms with Crippen molar-refractivity contribution in [3.05, 3.63) is 48.0 Å². The number of ether oxygens (including phenoxy) is 1. The van der Waals surface area contributed by atoms with Gasteiger partial charge in [-0.05, 0) is 18.2 Å². The Morgan fingerprint density at radius 1 is 1.33 bits per heavy atom. The molecule has 0 saturated heterocycles. The smallest absolute Gasteiger partial charge is 0.340 e. The van der Waals surface area contributed by atoms with Crippen molar-refractivity contribution in [3.63, 3.8) is 0 Å². The first-order chi connectivity index (χ1) is 7.36. The van der Waals surface area contributed by atoms with E-state index < -0.39 is 0 Å². The lowest BCUT2D eigenvalue weighted by Gasteiger charge is -2.13. The number of carbonyl (C=O) groups is 1. The van der Waals surface area contributed by atoms with Crippen LogP contribution in [0.4, 0.5) is 0 Å². The lowest BCUT2D eigenvalue weighted by Crippen LogP contribution is -2.17. The molecule has 0 amide bonds. The van der Waals surface area contributed by atoms with Gasteiger partial charge < -0.3 is 4.74 Å². The van der Waals surface area contributed by atoms with Gasteiger partial charge in [0, 0.05) is 12.6 Å². The van der Waals surface area contributed by atoms with Crippen LogP contribution >= 0.6 is 0 Å². The minimum Gasteiger partial charge on any atom is -0.436 e. The van der Waals surface area contributed by atoms with Crippen molar-refractivity contribution in [2.75, 3.05) is 0 Å². The number of dihydropyridines is 1. The van der Waals surface area contributed by atoms with Gasteiger partial charge in [-0.1, -0.05) is 24.3 Å². The van der Waals surface area contributed by atoms with Crippen molar-refractivity contribution in [3.8, 4) is 0 Å². The lowest BCUT2D eigenvalue weighted by atomic mass is 10.2. The van der Waals surface area contributed by atoms with Gasteiger partial charge in [-0.2, -0.15) is 0 Å². The van der Waals surface area contributed by atoms with Gasteiger partial charge >= 0.3 is 5.97 Å². The predicted octanol–water partition coefficient (Wildman–Crippen LogP) is 2.20. The molecule has 1 aliphatic heterocycles. The van der Waals surface area contributed by atoms with Crippen molar-refractivity contribution in [2.24, 2.45) is 4.99 Å². The summed E-state index contributed by atoms with van der Waals surface area (Å²) >= 11 is 0. The fourth-order valence-electron chi connectivity index (χ4n) is 1.31. The third kappa shape index (κ3) is 2.53. The van der Waals surface area contributed by atoms with E-state index in [9.17, 15) is 4.79 Å². The molecule has 0 bridgehead atoms. The standard InChI is InChI=1S/C12H11NO2/c14-12(10-6-2-1-3-7-10)15-11-8-4-5-9-13-11/h1-7,9,11H,8H2. The third-order valence-corrected chi connectivity index (χ3v) is 2.06. The SMILES string of the molecule is O=C(OC1CC=CC=N1)c1ccccc1. The summed E-state index contributed by atoms with van der Waals surface area (Å²) in [5, 5.41) is 0. The first-order valence-electron chi connectivity index (χ1n) is 4.80. The number of benzene rings is 1. The van der Waals surface area contributed by atoms with Gasteiger partial charge in [-0.25, -0.2) is 4.79 Å². The fourth-order valence-corrected chi connectivity index (χ4v) is 1.31. The molecule has 0 spiro atoms. The molecule has 1 aromatic carbocycles. The Kier molecular flexibility index (Phi) is 2.93. The molecule has 1 unspecified atom stereocenters. The minimum atomic E-state index is -0.372. The van der Waals surface area contributed by atoms with Crippen molar-refractivity contribution in [1.82, 2.24) is 0 Å². The average Bonchev–Trinajstić information content (AvgIpc) is 2.31. The van der Waals surface area contributed by atoms with E-state index in [1.165, 1.54) is 0 Å². The van der Waals surface area contributed by atoms with Gasteiger partial charge in [-0.15, -0.1) is 0 Å². The van der Waals surface area contributed by atoms with Gasteiger partial charge in [0.05, 0.1) is 5.56 Å². The molecule has 0 N–H and O–H groups in total. The van der Waals surface area contributed by atoms with Gasteiger partial charge in [-0.3, -0.25) is 4.99 Å². The van der Waals surface area contributed by atoms with Crippen LogP contribution in [0.5, 0.6) is 0 Å². The van der Waals surface area contributed by atoms with Crippen LogP contribution in [0.2, 0.25) is 0 Å². The van der Waals surface area contributed by atoms with Crippen molar-refractivity contribution in [2.45, 2.75) is 12.6 Å². The average molecular weight is 201 g/mol. The molecule has 1 aromatic rings. The summed E-state index contributed by atoms with van der Waals surface area (Å²) in [6.07, 6.45) is 5.69. The summed E-state index contributed by atoms with van der Waals surface area (Å²) in [6.45, 7) is 0. The van der Waals surface area contributed by atoms with Crippen LogP contribution in [-0.4, -0.2) is 18.4 Å². The topological polar surface area (TPSA) is 38.7 Å². The highest BCUT2D eigenvalue weighted by atomic mass is 16.6. The van der Waals surface area contributed by atoms with Crippen molar-refractivity contribution in [1.29, 1.82) is 0 Å². The number of esters is 1. The molecule has 1 aliphatic rings.